The Balaban J connectivity index is 1.60. The monoisotopic (exact) mass is 338 g/mol. The summed E-state index contributed by atoms with van der Waals surface area (Å²) in [6, 6.07) is 0. The number of rotatable bonds is 3. The zero-order chi connectivity index (χ0) is 15.5. The Hall–Kier alpha value is -0.670. The second-order valence-corrected chi connectivity index (χ2v) is 8.34. The van der Waals surface area contributed by atoms with Gasteiger partial charge in [0, 0.05) is 17.4 Å². The van der Waals surface area contributed by atoms with Crippen LogP contribution in [0.2, 0.25) is 10.3 Å². The van der Waals surface area contributed by atoms with Gasteiger partial charge in [-0.25, -0.2) is 9.97 Å². The molecule has 5 rings (SSSR count). The highest BCUT2D eigenvalue weighted by Crippen LogP contribution is 2.60. The number of carbonyl (C=O) groups is 1. The smallest absolute Gasteiger partial charge is 0.143 e. The van der Waals surface area contributed by atoms with Crippen molar-refractivity contribution in [3.05, 3.63) is 21.7 Å². The Kier molecular flexibility index (Phi) is 3.50. The summed E-state index contributed by atoms with van der Waals surface area (Å²) in [5.74, 6) is 3.13. The number of hydrogen-bond acceptors (Lipinski definition) is 3. The maximum Gasteiger partial charge on any atom is 0.143 e. The van der Waals surface area contributed by atoms with Gasteiger partial charge >= 0.3 is 0 Å². The van der Waals surface area contributed by atoms with Crippen molar-refractivity contribution < 1.29 is 4.79 Å². The van der Waals surface area contributed by atoms with Crippen molar-refractivity contribution in [1.29, 1.82) is 0 Å². The number of hydrogen-bond donors (Lipinski definition) is 0. The van der Waals surface area contributed by atoms with Crippen LogP contribution in [0.3, 0.4) is 0 Å². The van der Waals surface area contributed by atoms with Gasteiger partial charge in [0.1, 0.15) is 21.9 Å². The van der Waals surface area contributed by atoms with Gasteiger partial charge in [-0.05, 0) is 63.2 Å². The molecule has 4 saturated carbocycles. The molecule has 1 aromatic rings. The minimum atomic E-state index is -0.119. The van der Waals surface area contributed by atoms with E-state index in [4.69, 9.17) is 23.2 Å². The first kappa shape index (κ1) is 14.9. The average molecular weight is 339 g/mol. The molecule has 0 spiro atoms. The molecule has 3 nitrogen and oxygen atoms in total. The number of carbonyl (C=O) groups excluding carboxylic acids is 1. The van der Waals surface area contributed by atoms with Gasteiger partial charge < -0.3 is 0 Å². The molecule has 1 heterocycles. The zero-order valence-corrected chi connectivity index (χ0v) is 14.3. The third-order valence-corrected chi connectivity index (χ3v) is 6.61. The quantitative estimate of drug-likeness (QED) is 0.766. The van der Waals surface area contributed by atoms with E-state index in [0.29, 0.717) is 27.5 Å². The molecule has 0 aromatic carbocycles. The number of halogens is 2. The minimum Gasteiger partial charge on any atom is -0.299 e. The average Bonchev–Trinajstić information content (AvgIpc) is 2.41. The molecule has 4 aliphatic rings. The predicted octanol–water partition coefficient (Wildman–Crippen LogP) is 4.42. The number of ketones is 1. The Bertz CT molecular complexity index is 585. The molecule has 5 heteroatoms. The van der Waals surface area contributed by atoms with E-state index in [9.17, 15) is 4.79 Å². The molecule has 1 aromatic heterocycles. The van der Waals surface area contributed by atoms with Crippen molar-refractivity contribution >= 4 is 29.0 Å². The van der Waals surface area contributed by atoms with E-state index >= 15 is 0 Å². The maximum atomic E-state index is 13.1. The highest BCUT2D eigenvalue weighted by molar-refractivity contribution is 6.34. The van der Waals surface area contributed by atoms with Crippen LogP contribution in [0.15, 0.2) is 0 Å². The molecule has 0 saturated heterocycles. The molecular weight excluding hydrogens is 319 g/mol. The van der Waals surface area contributed by atoms with E-state index in [-0.39, 0.29) is 11.8 Å². The van der Waals surface area contributed by atoms with Crippen molar-refractivity contribution in [3.8, 4) is 0 Å². The van der Waals surface area contributed by atoms with Crippen LogP contribution in [0.4, 0.5) is 0 Å². The fourth-order valence-electron chi connectivity index (χ4n) is 5.48. The van der Waals surface area contributed by atoms with Crippen LogP contribution in [0.5, 0.6) is 0 Å². The van der Waals surface area contributed by atoms with E-state index in [1.807, 2.05) is 0 Å². The van der Waals surface area contributed by atoms with Crippen LogP contribution in [0.1, 0.15) is 49.9 Å². The zero-order valence-electron chi connectivity index (χ0n) is 12.7. The molecule has 118 valence electrons. The third-order valence-electron chi connectivity index (χ3n) is 5.99. The molecule has 0 radical (unpaired) electrons. The van der Waals surface area contributed by atoms with Gasteiger partial charge in [0.05, 0.1) is 0 Å². The number of Topliss-reactive ketones (excluding diaryl/α,β-unsaturated/α-hetero) is 1. The summed E-state index contributed by atoms with van der Waals surface area (Å²) in [5.41, 5.74) is 0.487. The molecule has 0 N–H and O–H groups in total. The highest BCUT2D eigenvalue weighted by atomic mass is 35.5. The summed E-state index contributed by atoms with van der Waals surface area (Å²) in [6.45, 7) is 1.75. The number of aryl methyl sites for hydroxylation is 1. The van der Waals surface area contributed by atoms with Crippen LogP contribution in [-0.4, -0.2) is 15.8 Å². The molecule has 0 aliphatic heterocycles. The number of aromatic nitrogens is 2. The van der Waals surface area contributed by atoms with Crippen LogP contribution in [0, 0.1) is 30.1 Å². The Labute approximate surface area is 140 Å². The maximum absolute atomic E-state index is 13.1. The van der Waals surface area contributed by atoms with E-state index < -0.39 is 0 Å². The Morgan fingerprint density at radius 3 is 1.95 bits per heavy atom. The first-order chi connectivity index (χ1) is 10.4. The standard InChI is InChI=1S/C17H20Cl2N2O/c1-9-20-15(18)13(16(19)21-9)5-14(22)17-6-10-2-11(7-17)4-12(3-10)8-17/h10-12H,2-8H2,1H3. The largest absolute Gasteiger partial charge is 0.299 e. The van der Waals surface area contributed by atoms with E-state index in [1.165, 1.54) is 19.3 Å². The molecule has 4 bridgehead atoms. The number of nitrogens with zero attached hydrogens (tertiary/aromatic N) is 2. The molecule has 0 unspecified atom stereocenters. The van der Waals surface area contributed by atoms with Gasteiger partial charge in [-0.1, -0.05) is 23.2 Å². The van der Waals surface area contributed by atoms with Gasteiger partial charge in [0.25, 0.3) is 0 Å². The van der Waals surface area contributed by atoms with Crippen LogP contribution in [0.25, 0.3) is 0 Å². The lowest BCUT2D eigenvalue weighted by Gasteiger charge is -2.56. The Morgan fingerprint density at radius 1 is 1.05 bits per heavy atom. The van der Waals surface area contributed by atoms with Gasteiger partial charge in [-0.15, -0.1) is 0 Å². The lowest BCUT2D eigenvalue weighted by atomic mass is 9.48. The Morgan fingerprint density at radius 2 is 1.50 bits per heavy atom. The fourth-order valence-corrected chi connectivity index (χ4v) is 6.08. The molecular formula is C17H20Cl2N2O. The molecule has 0 atom stereocenters. The van der Waals surface area contributed by atoms with Crippen molar-refractivity contribution in [2.24, 2.45) is 23.2 Å². The summed E-state index contributed by atoms with van der Waals surface area (Å²) in [5, 5.41) is 0.658. The summed E-state index contributed by atoms with van der Waals surface area (Å²) in [6.07, 6.45) is 7.49. The van der Waals surface area contributed by atoms with Gasteiger partial charge in [-0.2, -0.15) is 0 Å². The third kappa shape index (κ3) is 2.37. The lowest BCUT2D eigenvalue weighted by molar-refractivity contribution is -0.143. The predicted molar refractivity (Wildman–Crippen MR) is 86.1 cm³/mol. The fraction of sp³-hybridized carbons (Fsp3) is 0.706. The first-order valence-electron chi connectivity index (χ1n) is 8.17. The topological polar surface area (TPSA) is 42.9 Å². The van der Waals surface area contributed by atoms with Crippen molar-refractivity contribution in [2.45, 2.75) is 51.9 Å². The van der Waals surface area contributed by atoms with Gasteiger partial charge in [0.2, 0.25) is 0 Å². The highest BCUT2D eigenvalue weighted by Gasteiger charge is 2.54. The summed E-state index contributed by atoms with van der Waals surface area (Å²) in [7, 11) is 0. The van der Waals surface area contributed by atoms with Crippen molar-refractivity contribution in [2.75, 3.05) is 0 Å². The molecule has 0 amide bonds. The van der Waals surface area contributed by atoms with Crippen LogP contribution >= 0.6 is 23.2 Å². The van der Waals surface area contributed by atoms with Gasteiger partial charge in [-0.3, -0.25) is 4.79 Å². The first-order valence-corrected chi connectivity index (χ1v) is 8.92. The SMILES string of the molecule is Cc1nc(Cl)c(CC(=O)C23CC4CC(CC(C4)C2)C3)c(Cl)n1. The van der Waals surface area contributed by atoms with E-state index in [0.717, 1.165) is 37.0 Å². The van der Waals surface area contributed by atoms with Crippen LogP contribution < -0.4 is 0 Å². The summed E-state index contributed by atoms with van der Waals surface area (Å²) in [4.78, 5) is 21.4. The molecule has 4 fully saturated rings. The van der Waals surface area contributed by atoms with Crippen LogP contribution in [-0.2, 0) is 11.2 Å². The van der Waals surface area contributed by atoms with Crippen molar-refractivity contribution in [1.82, 2.24) is 9.97 Å². The normalized spacial score (nSPS) is 35.9. The van der Waals surface area contributed by atoms with E-state index in [1.54, 1.807) is 6.92 Å². The summed E-state index contributed by atoms with van der Waals surface area (Å²) >= 11 is 12.4. The molecule has 4 aliphatic carbocycles. The van der Waals surface area contributed by atoms with Crippen molar-refractivity contribution in [3.63, 3.8) is 0 Å². The van der Waals surface area contributed by atoms with E-state index in [2.05, 4.69) is 9.97 Å². The van der Waals surface area contributed by atoms with Gasteiger partial charge in [0.15, 0.2) is 0 Å². The molecule has 22 heavy (non-hydrogen) atoms. The summed E-state index contributed by atoms with van der Waals surface area (Å²) < 4.78 is 0. The second-order valence-electron chi connectivity index (χ2n) is 7.63. The second kappa shape index (κ2) is 5.17. The minimum absolute atomic E-state index is 0.119. The lowest BCUT2D eigenvalue weighted by Crippen LogP contribution is -2.50.